The van der Waals surface area contributed by atoms with Gasteiger partial charge in [-0.2, -0.15) is 4.99 Å². The summed E-state index contributed by atoms with van der Waals surface area (Å²) in [6.45, 7) is 2.46. The van der Waals surface area contributed by atoms with E-state index in [1.807, 2.05) is 97.9 Å². The molecule has 1 amide bonds. The molecular formula is C37H31N3O2. The van der Waals surface area contributed by atoms with E-state index in [1.165, 1.54) is 0 Å². The minimum Gasteiger partial charge on any atom is -0.419 e. The van der Waals surface area contributed by atoms with Crippen LogP contribution in [0.4, 0.5) is 22.7 Å². The van der Waals surface area contributed by atoms with Gasteiger partial charge in [-0.15, -0.1) is 0 Å². The third-order valence-electron chi connectivity index (χ3n) is 7.16. The van der Waals surface area contributed by atoms with Crippen molar-refractivity contribution in [3.05, 3.63) is 162 Å². The molecule has 0 unspecified atom stereocenters. The highest BCUT2D eigenvalue weighted by atomic mass is 16.5. The average molecular weight is 550 g/mol. The highest BCUT2D eigenvalue weighted by molar-refractivity contribution is 6.11. The number of ether oxygens (including phenoxy) is 1. The van der Waals surface area contributed by atoms with Crippen LogP contribution >= 0.6 is 0 Å². The lowest BCUT2D eigenvalue weighted by molar-refractivity contribution is -0.122. The average Bonchev–Trinajstić information content (AvgIpc) is 3.32. The number of carbonyl (C=O) groups is 1. The zero-order valence-electron chi connectivity index (χ0n) is 23.4. The summed E-state index contributed by atoms with van der Waals surface area (Å²) >= 11 is 0. The Balaban J connectivity index is 1.29. The minimum absolute atomic E-state index is 0.197. The van der Waals surface area contributed by atoms with Gasteiger partial charge in [-0.25, -0.2) is 0 Å². The fraction of sp³-hybridized carbons (Fsp3) is 0.0811. The molecule has 6 rings (SSSR count). The molecule has 1 aliphatic rings. The van der Waals surface area contributed by atoms with Gasteiger partial charge in [0.15, 0.2) is 5.76 Å². The zero-order valence-corrected chi connectivity index (χ0v) is 23.4. The Morgan fingerprint density at radius 2 is 1.24 bits per heavy atom. The van der Waals surface area contributed by atoms with Crippen molar-refractivity contribution >= 4 is 40.8 Å². The first-order valence-corrected chi connectivity index (χ1v) is 14.1. The third-order valence-corrected chi connectivity index (χ3v) is 7.16. The molecule has 206 valence electrons. The maximum atomic E-state index is 13.6. The van der Waals surface area contributed by atoms with Gasteiger partial charge in [-0.1, -0.05) is 97.1 Å². The SMILES string of the molecule is Cc1ccccc1/N=C1\O/C(=C/c2ccc(N(c3ccccc3)c3ccccc3)cc2)C(=O)N1CCc1ccccc1. The first-order chi connectivity index (χ1) is 20.7. The van der Waals surface area contributed by atoms with E-state index >= 15 is 0 Å². The maximum absolute atomic E-state index is 13.6. The number of amidine groups is 1. The second-order valence-electron chi connectivity index (χ2n) is 10.1. The Kier molecular flexibility index (Phi) is 7.91. The van der Waals surface area contributed by atoms with Crippen molar-refractivity contribution in [3.63, 3.8) is 0 Å². The molecule has 0 radical (unpaired) electrons. The number of aryl methyl sites for hydroxylation is 1. The van der Waals surface area contributed by atoms with Gasteiger partial charge in [-0.05, 0) is 78.6 Å². The molecule has 1 aliphatic heterocycles. The molecule has 0 bridgehead atoms. The predicted octanol–water partition coefficient (Wildman–Crippen LogP) is 8.59. The number of hydrogen-bond donors (Lipinski definition) is 0. The lowest BCUT2D eigenvalue weighted by Crippen LogP contribution is -2.31. The molecule has 0 saturated carbocycles. The van der Waals surface area contributed by atoms with Crippen LogP contribution in [0.2, 0.25) is 0 Å². The standard InChI is InChI=1S/C37H31N3O2/c1-28-13-11-12-20-34(28)38-37-39(26-25-29-14-5-2-6-15-29)36(41)35(42-37)27-30-21-23-33(24-22-30)40(31-16-7-3-8-17-31)32-18-9-4-10-19-32/h2-24,27H,25-26H2,1H3/b35-27+,38-37-. The maximum Gasteiger partial charge on any atom is 0.305 e. The molecule has 0 N–H and O–H groups in total. The Labute approximate surface area is 246 Å². The number of amides is 1. The van der Waals surface area contributed by atoms with E-state index in [9.17, 15) is 4.79 Å². The second kappa shape index (κ2) is 12.4. The summed E-state index contributed by atoms with van der Waals surface area (Å²) in [5.74, 6) is 0.0589. The minimum atomic E-state index is -0.197. The Bertz CT molecular complexity index is 1670. The van der Waals surface area contributed by atoms with Crippen molar-refractivity contribution in [2.75, 3.05) is 11.4 Å². The largest absolute Gasteiger partial charge is 0.419 e. The fourth-order valence-corrected chi connectivity index (χ4v) is 4.94. The van der Waals surface area contributed by atoms with Crippen LogP contribution in [0.5, 0.6) is 0 Å². The van der Waals surface area contributed by atoms with Crippen LogP contribution in [0.25, 0.3) is 6.08 Å². The molecule has 1 fully saturated rings. The van der Waals surface area contributed by atoms with Crippen molar-refractivity contribution in [2.45, 2.75) is 13.3 Å². The molecule has 5 aromatic rings. The summed E-state index contributed by atoms with van der Waals surface area (Å²) in [6, 6.07) is 46.9. The lowest BCUT2D eigenvalue weighted by atomic mass is 10.1. The smallest absolute Gasteiger partial charge is 0.305 e. The number of anilines is 3. The predicted molar refractivity (Wildman–Crippen MR) is 170 cm³/mol. The number of hydrogen-bond acceptors (Lipinski definition) is 4. The van der Waals surface area contributed by atoms with Gasteiger partial charge in [0, 0.05) is 23.6 Å². The number of aliphatic imine (C=N–C) groups is 1. The summed E-state index contributed by atoms with van der Waals surface area (Å²) in [4.78, 5) is 22.2. The topological polar surface area (TPSA) is 45.1 Å². The molecule has 42 heavy (non-hydrogen) atoms. The number of para-hydroxylation sites is 3. The lowest BCUT2D eigenvalue weighted by Gasteiger charge is -2.25. The first-order valence-electron chi connectivity index (χ1n) is 14.1. The molecule has 5 aromatic carbocycles. The van der Waals surface area contributed by atoms with Crippen LogP contribution in [-0.4, -0.2) is 23.4 Å². The van der Waals surface area contributed by atoms with Crippen LogP contribution in [0.1, 0.15) is 16.7 Å². The van der Waals surface area contributed by atoms with Crippen LogP contribution in [0.3, 0.4) is 0 Å². The van der Waals surface area contributed by atoms with Crippen molar-refractivity contribution in [3.8, 4) is 0 Å². The molecule has 0 aromatic heterocycles. The highest BCUT2D eigenvalue weighted by Crippen LogP contribution is 2.34. The van der Waals surface area contributed by atoms with Crippen LogP contribution < -0.4 is 4.90 Å². The van der Waals surface area contributed by atoms with Crippen molar-refractivity contribution in [1.82, 2.24) is 4.90 Å². The summed E-state index contributed by atoms with van der Waals surface area (Å²) in [5.41, 5.74) is 6.94. The molecule has 5 heteroatoms. The molecule has 5 nitrogen and oxygen atoms in total. The summed E-state index contributed by atoms with van der Waals surface area (Å²) in [7, 11) is 0. The molecule has 0 spiro atoms. The van der Waals surface area contributed by atoms with Gasteiger partial charge in [0.1, 0.15) is 0 Å². The second-order valence-corrected chi connectivity index (χ2v) is 10.1. The fourth-order valence-electron chi connectivity index (χ4n) is 4.94. The van der Waals surface area contributed by atoms with E-state index in [1.54, 1.807) is 11.0 Å². The third kappa shape index (κ3) is 6.01. The molecule has 0 aliphatic carbocycles. The van der Waals surface area contributed by atoms with Gasteiger partial charge in [0.05, 0.1) is 5.69 Å². The van der Waals surface area contributed by atoms with Crippen LogP contribution in [0, 0.1) is 6.92 Å². The Morgan fingerprint density at radius 1 is 0.690 bits per heavy atom. The van der Waals surface area contributed by atoms with Gasteiger partial charge >= 0.3 is 6.02 Å². The van der Waals surface area contributed by atoms with E-state index in [4.69, 9.17) is 9.73 Å². The molecule has 0 atom stereocenters. The van der Waals surface area contributed by atoms with E-state index < -0.39 is 0 Å². The monoisotopic (exact) mass is 549 g/mol. The summed E-state index contributed by atoms with van der Waals surface area (Å²) in [6.07, 6.45) is 2.48. The Hall–Kier alpha value is -5.42. The number of carbonyl (C=O) groups excluding carboxylic acids is 1. The van der Waals surface area contributed by atoms with Crippen molar-refractivity contribution in [2.24, 2.45) is 4.99 Å². The van der Waals surface area contributed by atoms with Gasteiger partial charge < -0.3 is 9.64 Å². The van der Waals surface area contributed by atoms with Gasteiger partial charge in [-0.3, -0.25) is 9.69 Å². The van der Waals surface area contributed by atoms with E-state index in [0.717, 1.165) is 39.4 Å². The van der Waals surface area contributed by atoms with Crippen molar-refractivity contribution < 1.29 is 9.53 Å². The quantitative estimate of drug-likeness (QED) is 0.182. The van der Waals surface area contributed by atoms with E-state index in [2.05, 4.69) is 53.4 Å². The van der Waals surface area contributed by atoms with Gasteiger partial charge in [0.25, 0.3) is 5.91 Å². The van der Waals surface area contributed by atoms with E-state index in [-0.39, 0.29) is 11.7 Å². The van der Waals surface area contributed by atoms with Crippen LogP contribution in [-0.2, 0) is 16.0 Å². The highest BCUT2D eigenvalue weighted by Gasteiger charge is 2.34. The molecular weight excluding hydrogens is 518 g/mol. The summed E-state index contributed by atoms with van der Waals surface area (Å²) in [5, 5.41) is 0. The Morgan fingerprint density at radius 3 is 1.86 bits per heavy atom. The molecule has 1 saturated heterocycles. The van der Waals surface area contributed by atoms with E-state index in [0.29, 0.717) is 19.0 Å². The van der Waals surface area contributed by atoms with Crippen molar-refractivity contribution in [1.29, 1.82) is 0 Å². The number of rotatable bonds is 8. The zero-order chi connectivity index (χ0) is 28.7. The van der Waals surface area contributed by atoms with Crippen LogP contribution in [0.15, 0.2) is 150 Å². The first kappa shape index (κ1) is 26.8. The number of nitrogens with zero attached hydrogens (tertiary/aromatic N) is 3. The summed E-state index contributed by atoms with van der Waals surface area (Å²) < 4.78 is 6.13. The molecule has 1 heterocycles. The number of benzene rings is 5. The van der Waals surface area contributed by atoms with Gasteiger partial charge in [0.2, 0.25) is 0 Å². The normalized spacial score (nSPS) is 14.8.